The maximum atomic E-state index is 4.03. The fraction of sp³-hybridized carbons (Fsp3) is 0.571. The van der Waals surface area contributed by atoms with Crippen LogP contribution in [0.15, 0.2) is 37.2 Å². The highest BCUT2D eigenvalue weighted by Crippen LogP contribution is 1.89. The van der Waals surface area contributed by atoms with Crippen molar-refractivity contribution in [1.29, 1.82) is 0 Å². The summed E-state index contributed by atoms with van der Waals surface area (Å²) in [5, 5.41) is 7.96. The molecule has 0 saturated heterocycles. The number of imidazole rings is 1. The Morgan fingerprint density at radius 3 is 1.41 bits per heavy atom. The third-order valence-corrected chi connectivity index (χ3v) is 2.51. The summed E-state index contributed by atoms with van der Waals surface area (Å²) in [6.45, 7) is 18.0. The van der Waals surface area contributed by atoms with Crippen molar-refractivity contribution in [3.8, 4) is 0 Å². The van der Waals surface area contributed by atoms with E-state index in [1.165, 1.54) is 5.56 Å². The van der Waals surface area contributed by atoms with Crippen LogP contribution in [-0.2, 0) is 21.1 Å². The second-order valence-electron chi connectivity index (χ2n) is 5.00. The van der Waals surface area contributed by atoms with Gasteiger partial charge in [-0.05, 0) is 32.4 Å². The van der Waals surface area contributed by atoms with Gasteiger partial charge in [0.15, 0.2) is 0 Å². The van der Waals surface area contributed by atoms with E-state index < -0.39 is 0 Å². The summed E-state index contributed by atoms with van der Waals surface area (Å²) in [5.74, 6) is 0. The molecule has 0 aliphatic rings. The van der Waals surface area contributed by atoms with E-state index in [1.54, 1.807) is 15.7 Å². The van der Waals surface area contributed by atoms with E-state index in [9.17, 15) is 0 Å². The molecule has 0 saturated carbocycles. The molecular formula is C21H42N6. The minimum absolute atomic E-state index is 1.07. The van der Waals surface area contributed by atoms with Gasteiger partial charge in [-0.1, -0.05) is 41.5 Å². The molecule has 3 rings (SSSR count). The van der Waals surface area contributed by atoms with Crippen molar-refractivity contribution in [3.05, 3.63) is 54.1 Å². The van der Waals surface area contributed by atoms with E-state index in [2.05, 4.69) is 15.2 Å². The molecule has 6 nitrogen and oxygen atoms in total. The third kappa shape index (κ3) is 18.2. The maximum absolute atomic E-state index is 4.03. The lowest BCUT2D eigenvalue weighted by atomic mass is 10.4. The second-order valence-corrected chi connectivity index (χ2v) is 5.00. The van der Waals surface area contributed by atoms with E-state index in [0.29, 0.717) is 0 Å². The fourth-order valence-corrected chi connectivity index (χ4v) is 1.62. The van der Waals surface area contributed by atoms with Gasteiger partial charge in [0.2, 0.25) is 0 Å². The van der Waals surface area contributed by atoms with Gasteiger partial charge >= 0.3 is 0 Å². The molecule has 0 spiro atoms. The van der Waals surface area contributed by atoms with Gasteiger partial charge in [-0.15, -0.1) is 0 Å². The van der Waals surface area contributed by atoms with Crippen molar-refractivity contribution in [2.75, 3.05) is 0 Å². The van der Waals surface area contributed by atoms with Crippen LogP contribution >= 0.6 is 0 Å². The first kappa shape index (κ1) is 29.4. The van der Waals surface area contributed by atoms with Crippen molar-refractivity contribution >= 4 is 0 Å². The van der Waals surface area contributed by atoms with Crippen LogP contribution in [0.5, 0.6) is 0 Å². The molecule has 0 aromatic carbocycles. The van der Waals surface area contributed by atoms with Crippen LogP contribution in [0.3, 0.4) is 0 Å². The molecule has 0 amide bonds. The van der Waals surface area contributed by atoms with Gasteiger partial charge in [-0.3, -0.25) is 9.36 Å². The van der Waals surface area contributed by atoms with Crippen molar-refractivity contribution in [3.63, 3.8) is 0 Å². The third-order valence-electron chi connectivity index (χ3n) is 2.51. The lowest BCUT2D eigenvalue weighted by Gasteiger charge is -1.79. The second kappa shape index (κ2) is 19.9. The highest BCUT2D eigenvalue weighted by molar-refractivity contribution is 4.98. The molecule has 0 radical (unpaired) electrons. The lowest BCUT2D eigenvalue weighted by Crippen LogP contribution is -1.86. The van der Waals surface area contributed by atoms with Gasteiger partial charge < -0.3 is 4.57 Å². The first-order valence-corrected chi connectivity index (χ1v) is 9.73. The molecule has 0 bridgehead atoms. The van der Waals surface area contributed by atoms with Crippen LogP contribution in [0.4, 0.5) is 0 Å². The number of aromatic nitrogens is 6. The van der Waals surface area contributed by atoms with E-state index in [4.69, 9.17) is 0 Å². The van der Waals surface area contributed by atoms with Crippen molar-refractivity contribution in [2.45, 2.75) is 62.3 Å². The summed E-state index contributed by atoms with van der Waals surface area (Å²) in [4.78, 5) is 3.98. The molecule has 3 aromatic rings. The van der Waals surface area contributed by atoms with E-state index in [0.717, 1.165) is 11.4 Å². The van der Waals surface area contributed by atoms with Crippen molar-refractivity contribution in [1.82, 2.24) is 29.1 Å². The van der Waals surface area contributed by atoms with Crippen LogP contribution in [0.1, 0.15) is 58.5 Å². The standard InChI is InChI=1S/3C5H8N2.3C2H6/c1-5-3-7(2)4-6-5;1-5-3-6-7(2)4-5;1-5-3-4-7(2)6-5;3*1-2/h3*3-4H,1-2H3;3*1-2H3. The predicted octanol–water partition coefficient (Wildman–Crippen LogP) is 5.26. The summed E-state index contributed by atoms with van der Waals surface area (Å²) >= 11 is 0. The van der Waals surface area contributed by atoms with Crippen LogP contribution in [-0.4, -0.2) is 29.1 Å². The molecule has 3 heterocycles. The topological polar surface area (TPSA) is 53.5 Å². The van der Waals surface area contributed by atoms with Crippen molar-refractivity contribution < 1.29 is 0 Å². The molecule has 0 atom stereocenters. The van der Waals surface area contributed by atoms with Gasteiger partial charge in [0.05, 0.1) is 23.9 Å². The number of hydrogen-bond donors (Lipinski definition) is 0. The van der Waals surface area contributed by atoms with Gasteiger partial charge in [0, 0.05) is 39.7 Å². The maximum Gasteiger partial charge on any atom is 0.0946 e. The minimum Gasteiger partial charge on any atom is -0.340 e. The zero-order valence-corrected chi connectivity index (χ0v) is 19.6. The number of rotatable bonds is 0. The molecule has 0 aliphatic heterocycles. The number of nitrogens with zero attached hydrogens (tertiary/aromatic N) is 6. The lowest BCUT2D eigenvalue weighted by molar-refractivity contribution is 0.756. The van der Waals surface area contributed by atoms with Gasteiger partial charge in [0.25, 0.3) is 0 Å². The SMILES string of the molecule is CC.CC.CC.Cc1ccn(C)n1.Cc1cn(C)cn1.Cc1cnn(C)c1. The fourth-order valence-electron chi connectivity index (χ4n) is 1.62. The molecule has 0 unspecified atom stereocenters. The first-order chi connectivity index (χ1) is 12.9. The van der Waals surface area contributed by atoms with E-state index >= 15 is 0 Å². The van der Waals surface area contributed by atoms with Crippen LogP contribution < -0.4 is 0 Å². The van der Waals surface area contributed by atoms with Crippen LogP contribution in [0, 0.1) is 20.8 Å². The Labute approximate surface area is 167 Å². The Morgan fingerprint density at radius 1 is 0.741 bits per heavy atom. The predicted molar refractivity (Wildman–Crippen MR) is 118 cm³/mol. The molecule has 0 N–H and O–H groups in total. The monoisotopic (exact) mass is 378 g/mol. The quantitative estimate of drug-likeness (QED) is 0.536. The average molecular weight is 379 g/mol. The Bertz CT molecular complexity index is 509. The summed E-state index contributed by atoms with van der Waals surface area (Å²) in [5.41, 5.74) is 3.35. The highest BCUT2D eigenvalue weighted by Gasteiger charge is 1.83. The molecule has 6 heteroatoms. The Morgan fingerprint density at radius 2 is 1.30 bits per heavy atom. The molecule has 156 valence electrons. The Balaban J connectivity index is -0.000000281. The Kier molecular flexibility index (Phi) is 21.7. The minimum atomic E-state index is 1.07. The normalized spacial score (nSPS) is 8.00. The summed E-state index contributed by atoms with van der Waals surface area (Å²) in [6, 6.07) is 1.97. The Hall–Kier alpha value is -2.37. The molecule has 0 fully saturated rings. The van der Waals surface area contributed by atoms with E-state index in [-0.39, 0.29) is 0 Å². The number of aryl methyl sites for hydroxylation is 6. The van der Waals surface area contributed by atoms with Gasteiger partial charge in [-0.25, -0.2) is 4.98 Å². The zero-order valence-electron chi connectivity index (χ0n) is 19.6. The molecular weight excluding hydrogens is 336 g/mol. The summed E-state index contributed by atoms with van der Waals surface area (Å²) < 4.78 is 5.50. The van der Waals surface area contributed by atoms with Crippen LogP contribution in [0.2, 0.25) is 0 Å². The summed E-state index contributed by atoms with van der Waals surface area (Å²) in [7, 11) is 5.78. The smallest absolute Gasteiger partial charge is 0.0946 e. The van der Waals surface area contributed by atoms with Gasteiger partial charge in [-0.2, -0.15) is 10.2 Å². The van der Waals surface area contributed by atoms with E-state index in [1.807, 2.05) is 119 Å². The molecule has 0 aliphatic carbocycles. The highest BCUT2D eigenvalue weighted by atomic mass is 15.2. The largest absolute Gasteiger partial charge is 0.340 e. The zero-order chi connectivity index (χ0) is 21.8. The first-order valence-electron chi connectivity index (χ1n) is 9.73. The van der Waals surface area contributed by atoms with Crippen LogP contribution in [0.25, 0.3) is 0 Å². The number of hydrogen-bond acceptors (Lipinski definition) is 3. The average Bonchev–Trinajstić information content (AvgIpc) is 3.36. The molecule has 27 heavy (non-hydrogen) atoms. The van der Waals surface area contributed by atoms with Gasteiger partial charge in [0.1, 0.15) is 0 Å². The van der Waals surface area contributed by atoms with Crippen molar-refractivity contribution in [2.24, 2.45) is 21.1 Å². The molecule has 3 aromatic heterocycles. The summed E-state index contributed by atoms with van der Waals surface area (Å²) in [6.07, 6.45) is 9.49.